The Hall–Kier alpha value is -1.57. The molecule has 1 unspecified atom stereocenters. The summed E-state index contributed by atoms with van der Waals surface area (Å²) in [6.45, 7) is -0.195. The lowest BCUT2D eigenvalue weighted by molar-refractivity contribution is -0.138. The van der Waals surface area contributed by atoms with E-state index in [2.05, 4.69) is 0 Å². The van der Waals surface area contributed by atoms with Gasteiger partial charge in [-0.15, -0.1) is 0 Å². The number of aliphatic carboxylic acids is 1. The summed E-state index contributed by atoms with van der Waals surface area (Å²) in [5, 5.41) is 8.46. The Kier molecular flexibility index (Phi) is 4.93. The summed E-state index contributed by atoms with van der Waals surface area (Å²) >= 11 is 0. The van der Waals surface area contributed by atoms with Crippen molar-refractivity contribution in [3.63, 3.8) is 0 Å². The minimum Gasteiger partial charge on any atom is -0.481 e. The minimum absolute atomic E-state index is 0.0273. The molecule has 0 bridgehead atoms. The van der Waals surface area contributed by atoms with Crippen LogP contribution in [-0.4, -0.2) is 47.2 Å². The second-order valence-electron chi connectivity index (χ2n) is 4.30. The molecule has 0 radical (unpaired) electrons. The Morgan fingerprint density at radius 3 is 2.53 bits per heavy atom. The minimum atomic E-state index is -4.36. The fourth-order valence-corrected chi connectivity index (χ4v) is 1.76. The van der Waals surface area contributed by atoms with Crippen LogP contribution in [-0.2, 0) is 9.59 Å². The molecule has 19 heavy (non-hydrogen) atoms. The first-order valence-electron chi connectivity index (χ1n) is 5.74. The Bertz CT molecular complexity index is 393. The number of carbonyl (C=O) groups excluding carboxylic acids is 1. The molecular formula is C11H15F3N2O3. The van der Waals surface area contributed by atoms with E-state index in [0.717, 1.165) is 6.08 Å². The second-order valence-corrected chi connectivity index (χ2v) is 4.30. The van der Waals surface area contributed by atoms with Gasteiger partial charge in [-0.1, -0.05) is 6.08 Å². The molecule has 1 aliphatic rings. The molecule has 0 fully saturated rings. The van der Waals surface area contributed by atoms with E-state index in [4.69, 9.17) is 10.8 Å². The third-order valence-electron chi connectivity index (χ3n) is 2.87. The number of nitrogens with zero attached hydrogens (tertiary/aromatic N) is 1. The predicted molar refractivity (Wildman–Crippen MR) is 60.2 cm³/mol. The molecule has 1 heterocycles. The molecule has 0 spiro atoms. The Labute approximate surface area is 107 Å². The summed E-state index contributed by atoms with van der Waals surface area (Å²) in [6, 6.07) is -0.989. The van der Waals surface area contributed by atoms with Crippen LogP contribution in [0, 0.1) is 0 Å². The van der Waals surface area contributed by atoms with Crippen LogP contribution < -0.4 is 5.73 Å². The van der Waals surface area contributed by atoms with Crippen molar-refractivity contribution in [2.75, 3.05) is 13.1 Å². The Balaban J connectivity index is 2.53. The van der Waals surface area contributed by atoms with Gasteiger partial charge < -0.3 is 15.7 Å². The van der Waals surface area contributed by atoms with Crippen LogP contribution in [0.25, 0.3) is 0 Å². The number of rotatable bonds is 4. The SMILES string of the molecule is NC(CCC(=O)O)C(=O)N1CC=C(C(F)(F)F)CC1. The monoisotopic (exact) mass is 280 g/mol. The van der Waals surface area contributed by atoms with E-state index in [0.29, 0.717) is 0 Å². The molecule has 1 amide bonds. The number of halogens is 3. The summed E-state index contributed by atoms with van der Waals surface area (Å²) in [5.41, 5.74) is 4.88. The summed E-state index contributed by atoms with van der Waals surface area (Å²) in [7, 11) is 0. The standard InChI is InChI=1S/C11H15F3N2O3/c12-11(13,14)7-3-5-16(6-4-7)10(19)8(15)1-2-9(17)18/h3,8H,1-2,4-6,15H2,(H,17,18). The largest absolute Gasteiger partial charge is 0.481 e. The van der Waals surface area contributed by atoms with Gasteiger partial charge in [0.2, 0.25) is 5.91 Å². The first-order valence-corrected chi connectivity index (χ1v) is 5.74. The average Bonchev–Trinajstić information content (AvgIpc) is 2.34. The van der Waals surface area contributed by atoms with Crippen LogP contribution in [0.15, 0.2) is 11.6 Å². The van der Waals surface area contributed by atoms with Gasteiger partial charge in [0, 0.05) is 25.1 Å². The molecule has 0 saturated heterocycles. The molecule has 108 valence electrons. The van der Waals surface area contributed by atoms with E-state index in [-0.39, 0.29) is 32.4 Å². The third-order valence-corrected chi connectivity index (χ3v) is 2.87. The van der Waals surface area contributed by atoms with Crippen LogP contribution >= 0.6 is 0 Å². The van der Waals surface area contributed by atoms with E-state index in [1.165, 1.54) is 4.90 Å². The third kappa shape index (κ3) is 4.55. The normalized spacial score (nSPS) is 17.9. The van der Waals surface area contributed by atoms with Gasteiger partial charge in [-0.05, 0) is 12.8 Å². The van der Waals surface area contributed by atoms with E-state index < -0.39 is 29.7 Å². The lowest BCUT2D eigenvalue weighted by atomic mass is 10.1. The number of carboxylic acid groups (broad SMARTS) is 1. The van der Waals surface area contributed by atoms with E-state index in [1.54, 1.807) is 0 Å². The molecule has 1 rings (SSSR count). The maximum absolute atomic E-state index is 12.4. The molecule has 0 aliphatic carbocycles. The van der Waals surface area contributed by atoms with E-state index >= 15 is 0 Å². The van der Waals surface area contributed by atoms with Crippen LogP contribution in [0.5, 0.6) is 0 Å². The number of carboxylic acids is 1. The van der Waals surface area contributed by atoms with Crippen molar-refractivity contribution in [3.8, 4) is 0 Å². The summed E-state index contributed by atoms with van der Waals surface area (Å²) in [5.74, 6) is -1.58. The molecular weight excluding hydrogens is 265 g/mol. The first-order chi connectivity index (χ1) is 8.71. The quantitative estimate of drug-likeness (QED) is 0.749. The fourth-order valence-electron chi connectivity index (χ4n) is 1.76. The van der Waals surface area contributed by atoms with Gasteiger partial charge in [0.25, 0.3) is 0 Å². The van der Waals surface area contributed by atoms with Gasteiger partial charge in [-0.3, -0.25) is 9.59 Å². The van der Waals surface area contributed by atoms with E-state index in [9.17, 15) is 22.8 Å². The summed E-state index contributed by atoms with van der Waals surface area (Å²) in [4.78, 5) is 23.3. The molecule has 1 aliphatic heterocycles. The number of alkyl halides is 3. The zero-order valence-electron chi connectivity index (χ0n) is 10.1. The molecule has 0 saturated carbocycles. The smallest absolute Gasteiger partial charge is 0.412 e. The fraction of sp³-hybridized carbons (Fsp3) is 0.636. The molecule has 5 nitrogen and oxygen atoms in total. The lowest BCUT2D eigenvalue weighted by Gasteiger charge is -2.29. The molecule has 3 N–H and O–H groups in total. The number of hydrogen-bond donors (Lipinski definition) is 2. The maximum Gasteiger partial charge on any atom is 0.412 e. The van der Waals surface area contributed by atoms with Crippen molar-refractivity contribution in [1.82, 2.24) is 4.90 Å². The zero-order valence-corrected chi connectivity index (χ0v) is 10.1. The van der Waals surface area contributed by atoms with Crippen LogP contribution in [0.2, 0.25) is 0 Å². The Morgan fingerprint density at radius 1 is 1.47 bits per heavy atom. The second kappa shape index (κ2) is 6.05. The molecule has 1 atom stereocenters. The number of nitrogens with two attached hydrogens (primary N) is 1. The molecule has 0 aromatic heterocycles. The number of carbonyl (C=O) groups is 2. The van der Waals surface area contributed by atoms with Crippen LogP contribution in [0.1, 0.15) is 19.3 Å². The molecule has 0 aromatic rings. The number of amides is 1. The maximum atomic E-state index is 12.4. The summed E-state index contributed by atoms with van der Waals surface area (Å²) in [6.07, 6.45) is -3.93. The van der Waals surface area contributed by atoms with Crippen LogP contribution in [0.4, 0.5) is 13.2 Å². The van der Waals surface area contributed by atoms with Gasteiger partial charge in [0.1, 0.15) is 0 Å². The van der Waals surface area contributed by atoms with Crippen molar-refractivity contribution in [1.29, 1.82) is 0 Å². The van der Waals surface area contributed by atoms with Gasteiger partial charge >= 0.3 is 12.1 Å². The highest BCUT2D eigenvalue weighted by molar-refractivity contribution is 5.82. The highest BCUT2D eigenvalue weighted by Gasteiger charge is 2.36. The average molecular weight is 280 g/mol. The first kappa shape index (κ1) is 15.5. The topological polar surface area (TPSA) is 83.6 Å². The van der Waals surface area contributed by atoms with Crippen molar-refractivity contribution >= 4 is 11.9 Å². The van der Waals surface area contributed by atoms with Crippen molar-refractivity contribution in [2.45, 2.75) is 31.5 Å². The number of hydrogen-bond acceptors (Lipinski definition) is 3. The zero-order chi connectivity index (χ0) is 14.6. The van der Waals surface area contributed by atoms with Crippen LogP contribution in [0.3, 0.4) is 0 Å². The molecule has 8 heteroatoms. The highest BCUT2D eigenvalue weighted by atomic mass is 19.4. The lowest BCUT2D eigenvalue weighted by Crippen LogP contribution is -2.46. The van der Waals surface area contributed by atoms with Crippen molar-refractivity contribution < 1.29 is 27.9 Å². The Morgan fingerprint density at radius 2 is 2.11 bits per heavy atom. The molecule has 0 aromatic carbocycles. The van der Waals surface area contributed by atoms with Gasteiger partial charge in [-0.25, -0.2) is 0 Å². The highest BCUT2D eigenvalue weighted by Crippen LogP contribution is 2.30. The van der Waals surface area contributed by atoms with E-state index in [1.807, 2.05) is 0 Å². The summed E-state index contributed by atoms with van der Waals surface area (Å²) < 4.78 is 37.1. The van der Waals surface area contributed by atoms with Gasteiger partial charge in [0.05, 0.1) is 6.04 Å². The predicted octanol–water partition coefficient (Wildman–Crippen LogP) is 0.900. The van der Waals surface area contributed by atoms with Gasteiger partial charge in [-0.2, -0.15) is 13.2 Å². The van der Waals surface area contributed by atoms with Crippen molar-refractivity contribution in [2.24, 2.45) is 5.73 Å². The van der Waals surface area contributed by atoms with Crippen molar-refractivity contribution in [3.05, 3.63) is 11.6 Å². The van der Waals surface area contributed by atoms with Gasteiger partial charge in [0.15, 0.2) is 0 Å².